The Morgan fingerprint density at radius 3 is 2.59 bits per heavy atom. The third-order valence-corrected chi connectivity index (χ3v) is 3.62. The van der Waals surface area contributed by atoms with E-state index >= 15 is 0 Å². The molecule has 138 valence electrons. The fourth-order valence-corrected chi connectivity index (χ4v) is 2.33. The predicted molar refractivity (Wildman–Crippen MR) is 101 cm³/mol. The summed E-state index contributed by atoms with van der Waals surface area (Å²) in [5, 5.41) is 24.0. The van der Waals surface area contributed by atoms with Gasteiger partial charge in [-0.15, -0.1) is 0 Å². The van der Waals surface area contributed by atoms with Crippen molar-refractivity contribution in [2.45, 2.75) is 6.54 Å². The SMILES string of the molecule is CNc1nc(N)nc2ncc(CNc3ccc(/C=C(\O)C(=O)O)cc3)nc12. The van der Waals surface area contributed by atoms with E-state index in [-0.39, 0.29) is 5.95 Å². The molecule has 2 aromatic heterocycles. The van der Waals surface area contributed by atoms with Crippen molar-refractivity contribution in [3.8, 4) is 0 Å². The molecule has 3 rings (SSSR count). The number of aliphatic hydroxyl groups excluding tert-OH is 1. The van der Waals surface area contributed by atoms with Crippen molar-refractivity contribution in [3.63, 3.8) is 0 Å². The van der Waals surface area contributed by atoms with Gasteiger partial charge in [-0.2, -0.15) is 9.97 Å². The minimum atomic E-state index is -1.38. The average Bonchev–Trinajstić information content (AvgIpc) is 2.66. The second kappa shape index (κ2) is 7.52. The molecule has 27 heavy (non-hydrogen) atoms. The zero-order chi connectivity index (χ0) is 19.4. The molecule has 0 aliphatic rings. The number of nitrogens with zero attached hydrogens (tertiary/aromatic N) is 4. The van der Waals surface area contributed by atoms with Gasteiger partial charge in [0.25, 0.3) is 0 Å². The summed E-state index contributed by atoms with van der Waals surface area (Å²) in [6, 6.07) is 6.89. The first kappa shape index (κ1) is 17.9. The number of rotatable bonds is 6. The van der Waals surface area contributed by atoms with Gasteiger partial charge in [-0.3, -0.25) is 0 Å². The number of fused-ring (bicyclic) bond motifs is 1. The molecule has 0 bridgehead atoms. The second-order valence-corrected chi connectivity index (χ2v) is 5.52. The molecule has 6 N–H and O–H groups in total. The van der Waals surface area contributed by atoms with Gasteiger partial charge in [-0.05, 0) is 23.8 Å². The number of aliphatic hydroxyl groups is 1. The molecule has 10 heteroatoms. The lowest BCUT2D eigenvalue weighted by atomic mass is 10.2. The standard InChI is InChI=1S/C17H17N7O3/c1-19-14-13-15(24-17(18)23-14)21-8-11(22-13)7-20-10-4-2-9(3-5-10)6-12(25)16(26)27/h2-6,8,20,25H,7H2,1H3,(H,26,27)(H3,18,19,21,23,24)/b12-6-. The monoisotopic (exact) mass is 367 g/mol. The van der Waals surface area contributed by atoms with Crippen LogP contribution < -0.4 is 16.4 Å². The van der Waals surface area contributed by atoms with Crippen LogP contribution in [-0.4, -0.2) is 43.2 Å². The molecule has 0 saturated carbocycles. The van der Waals surface area contributed by atoms with Crippen LogP contribution in [0.4, 0.5) is 17.5 Å². The lowest BCUT2D eigenvalue weighted by Crippen LogP contribution is -2.07. The Morgan fingerprint density at radius 1 is 1.19 bits per heavy atom. The minimum Gasteiger partial charge on any atom is -0.502 e. The van der Waals surface area contributed by atoms with E-state index in [0.717, 1.165) is 5.69 Å². The van der Waals surface area contributed by atoms with E-state index < -0.39 is 11.7 Å². The molecule has 0 saturated heterocycles. The van der Waals surface area contributed by atoms with E-state index in [4.69, 9.17) is 10.8 Å². The summed E-state index contributed by atoms with van der Waals surface area (Å²) in [5.41, 5.74) is 8.62. The number of nitrogen functional groups attached to an aromatic ring is 1. The van der Waals surface area contributed by atoms with Crippen molar-refractivity contribution in [2.75, 3.05) is 23.4 Å². The van der Waals surface area contributed by atoms with Crippen molar-refractivity contribution in [3.05, 3.63) is 47.5 Å². The highest BCUT2D eigenvalue weighted by molar-refractivity contribution is 5.89. The Labute approximate surface area is 153 Å². The maximum absolute atomic E-state index is 10.6. The Morgan fingerprint density at radius 2 is 1.93 bits per heavy atom. The normalized spacial score (nSPS) is 11.4. The van der Waals surface area contributed by atoms with Gasteiger partial charge >= 0.3 is 5.97 Å². The first-order chi connectivity index (χ1) is 13.0. The van der Waals surface area contributed by atoms with E-state index in [0.29, 0.717) is 34.8 Å². The van der Waals surface area contributed by atoms with Crippen LogP contribution in [0.2, 0.25) is 0 Å². The molecule has 1 aromatic carbocycles. The van der Waals surface area contributed by atoms with Crippen LogP contribution in [-0.2, 0) is 11.3 Å². The summed E-state index contributed by atoms with van der Waals surface area (Å²) in [6.45, 7) is 0.409. The fourth-order valence-electron chi connectivity index (χ4n) is 2.33. The molecule has 0 fully saturated rings. The second-order valence-electron chi connectivity index (χ2n) is 5.52. The molecular weight excluding hydrogens is 350 g/mol. The van der Waals surface area contributed by atoms with Crippen molar-refractivity contribution >= 4 is 40.7 Å². The van der Waals surface area contributed by atoms with Gasteiger partial charge in [0.15, 0.2) is 17.0 Å². The smallest absolute Gasteiger partial charge is 0.370 e. The topological polar surface area (TPSA) is 159 Å². The van der Waals surface area contributed by atoms with E-state index in [9.17, 15) is 9.90 Å². The highest BCUT2D eigenvalue weighted by atomic mass is 16.4. The number of carbonyl (C=O) groups is 1. The molecule has 0 radical (unpaired) electrons. The van der Waals surface area contributed by atoms with Crippen molar-refractivity contribution in [1.82, 2.24) is 19.9 Å². The van der Waals surface area contributed by atoms with Gasteiger partial charge in [-0.1, -0.05) is 12.1 Å². The van der Waals surface area contributed by atoms with E-state index in [1.807, 2.05) is 0 Å². The van der Waals surface area contributed by atoms with Crippen LogP contribution in [0.5, 0.6) is 0 Å². The molecule has 2 heterocycles. The summed E-state index contributed by atoms with van der Waals surface area (Å²) in [4.78, 5) is 27.5. The Bertz CT molecular complexity index is 1020. The van der Waals surface area contributed by atoms with Crippen LogP contribution in [0.3, 0.4) is 0 Å². The number of aliphatic carboxylic acids is 1. The van der Waals surface area contributed by atoms with E-state index in [2.05, 4.69) is 30.6 Å². The largest absolute Gasteiger partial charge is 0.502 e. The molecule has 0 aliphatic heterocycles. The number of hydrogen-bond donors (Lipinski definition) is 5. The lowest BCUT2D eigenvalue weighted by Gasteiger charge is -2.08. The maximum Gasteiger partial charge on any atom is 0.370 e. The third-order valence-electron chi connectivity index (χ3n) is 3.62. The summed E-state index contributed by atoms with van der Waals surface area (Å²) in [5.74, 6) is -1.47. The number of hydrogen-bond acceptors (Lipinski definition) is 9. The van der Waals surface area contributed by atoms with E-state index in [1.165, 1.54) is 6.08 Å². The van der Waals surface area contributed by atoms with Crippen LogP contribution in [0.25, 0.3) is 17.2 Å². The maximum atomic E-state index is 10.6. The molecule has 0 spiro atoms. The summed E-state index contributed by atoms with van der Waals surface area (Å²) in [6.07, 6.45) is 2.77. The molecule has 0 aliphatic carbocycles. The fraction of sp³-hybridized carbons (Fsp3) is 0.118. The van der Waals surface area contributed by atoms with Crippen molar-refractivity contribution in [2.24, 2.45) is 0 Å². The van der Waals surface area contributed by atoms with E-state index in [1.54, 1.807) is 37.5 Å². The third kappa shape index (κ3) is 4.18. The summed E-state index contributed by atoms with van der Waals surface area (Å²) < 4.78 is 0. The molecule has 0 atom stereocenters. The van der Waals surface area contributed by atoms with Crippen LogP contribution in [0.1, 0.15) is 11.3 Å². The first-order valence-corrected chi connectivity index (χ1v) is 7.91. The van der Waals surface area contributed by atoms with Gasteiger partial charge in [0.05, 0.1) is 18.4 Å². The number of anilines is 3. The zero-order valence-corrected chi connectivity index (χ0v) is 14.3. The average molecular weight is 367 g/mol. The van der Waals surface area contributed by atoms with Crippen LogP contribution in [0, 0.1) is 0 Å². The van der Waals surface area contributed by atoms with Crippen molar-refractivity contribution in [1.29, 1.82) is 0 Å². The molecule has 0 amide bonds. The van der Waals surface area contributed by atoms with Crippen LogP contribution >= 0.6 is 0 Å². The van der Waals surface area contributed by atoms with Gasteiger partial charge in [-0.25, -0.2) is 14.8 Å². The molecule has 0 unspecified atom stereocenters. The Balaban J connectivity index is 1.74. The number of carboxylic acids is 1. The summed E-state index contributed by atoms with van der Waals surface area (Å²) in [7, 11) is 1.71. The zero-order valence-electron chi connectivity index (χ0n) is 14.3. The van der Waals surface area contributed by atoms with Gasteiger partial charge in [0, 0.05) is 12.7 Å². The predicted octanol–water partition coefficient (Wildman–Crippen LogP) is 1.64. The lowest BCUT2D eigenvalue weighted by molar-refractivity contribution is -0.135. The number of nitrogens with one attached hydrogen (secondary N) is 2. The number of aromatic nitrogens is 4. The Hall–Kier alpha value is -3.95. The number of benzene rings is 1. The van der Waals surface area contributed by atoms with Crippen molar-refractivity contribution < 1.29 is 15.0 Å². The number of nitrogens with two attached hydrogens (primary N) is 1. The molecular formula is C17H17N7O3. The quantitative estimate of drug-likeness (QED) is 0.320. The Kier molecular flexibility index (Phi) is 4.97. The van der Waals surface area contributed by atoms with Gasteiger partial charge in [0.1, 0.15) is 0 Å². The molecule has 3 aromatic rings. The number of carboxylic acid groups (broad SMARTS) is 1. The highest BCUT2D eigenvalue weighted by Crippen LogP contribution is 2.18. The minimum absolute atomic E-state index is 0.120. The van der Waals surface area contributed by atoms with Gasteiger partial charge < -0.3 is 26.6 Å². The first-order valence-electron chi connectivity index (χ1n) is 7.91. The molecule has 10 nitrogen and oxygen atoms in total. The van der Waals surface area contributed by atoms with Crippen LogP contribution in [0.15, 0.2) is 36.2 Å². The highest BCUT2D eigenvalue weighted by Gasteiger charge is 2.09. The summed E-state index contributed by atoms with van der Waals surface area (Å²) >= 11 is 0. The van der Waals surface area contributed by atoms with Gasteiger partial charge in [0.2, 0.25) is 11.7 Å².